The van der Waals surface area contributed by atoms with Crippen molar-refractivity contribution in [3.8, 4) is 0 Å². The van der Waals surface area contributed by atoms with Crippen molar-refractivity contribution in [1.29, 1.82) is 0 Å². The molecule has 148 valence electrons. The number of aryl methyl sites for hydroxylation is 1. The molecule has 1 aromatic carbocycles. The molecule has 4 rings (SSSR count). The zero-order chi connectivity index (χ0) is 20.2. The summed E-state index contributed by atoms with van der Waals surface area (Å²) in [6.07, 6.45) is 3.53. The van der Waals surface area contributed by atoms with E-state index in [0.717, 1.165) is 49.3 Å². The Balaban J connectivity index is 1.45. The van der Waals surface area contributed by atoms with E-state index in [-0.39, 0.29) is 5.78 Å². The van der Waals surface area contributed by atoms with Crippen LogP contribution in [0.4, 0.5) is 23.4 Å². The van der Waals surface area contributed by atoms with Gasteiger partial charge in [-0.1, -0.05) is 0 Å². The third-order valence-corrected chi connectivity index (χ3v) is 4.83. The molecule has 1 aliphatic heterocycles. The number of carbonyl (C=O) groups excluding carboxylic acids is 1. The Bertz CT molecular complexity index is 984. The van der Waals surface area contributed by atoms with Crippen LogP contribution in [0.15, 0.2) is 48.8 Å². The lowest BCUT2D eigenvalue weighted by atomic mass is 10.1. The number of anilines is 4. The third-order valence-electron chi connectivity index (χ3n) is 4.83. The second-order valence-corrected chi connectivity index (χ2v) is 6.97. The first kappa shape index (κ1) is 18.8. The molecule has 8 heteroatoms. The van der Waals surface area contributed by atoms with Crippen LogP contribution in [0.3, 0.4) is 0 Å². The molecule has 0 radical (unpaired) electrons. The fourth-order valence-electron chi connectivity index (χ4n) is 3.28. The number of nitrogens with zero attached hydrogens (tertiary/aromatic N) is 6. The molecule has 0 atom stereocenters. The number of nitrogens with one attached hydrogen (secondary N) is 1. The number of piperazine rings is 1. The molecular weight excluding hydrogens is 366 g/mol. The van der Waals surface area contributed by atoms with Crippen LogP contribution in [0.25, 0.3) is 0 Å². The van der Waals surface area contributed by atoms with Crippen molar-refractivity contribution in [2.75, 3.05) is 41.3 Å². The molecule has 1 aliphatic rings. The fraction of sp³-hybridized carbons (Fsp3) is 0.286. The van der Waals surface area contributed by atoms with Crippen molar-refractivity contribution < 1.29 is 4.79 Å². The average molecular weight is 389 g/mol. The molecule has 3 heterocycles. The van der Waals surface area contributed by atoms with E-state index in [4.69, 9.17) is 4.98 Å². The molecule has 0 aliphatic carbocycles. The largest absolute Gasteiger partial charge is 0.353 e. The molecule has 0 spiro atoms. The molecule has 3 aromatic rings. The summed E-state index contributed by atoms with van der Waals surface area (Å²) in [5.74, 6) is 2.26. The van der Waals surface area contributed by atoms with Gasteiger partial charge in [-0.15, -0.1) is 0 Å². The lowest BCUT2D eigenvalue weighted by Crippen LogP contribution is -2.47. The zero-order valence-corrected chi connectivity index (χ0v) is 16.5. The molecule has 1 N–H and O–H groups in total. The van der Waals surface area contributed by atoms with Gasteiger partial charge in [-0.3, -0.25) is 4.79 Å². The van der Waals surface area contributed by atoms with Gasteiger partial charge in [0.25, 0.3) is 0 Å². The minimum Gasteiger partial charge on any atom is -0.353 e. The Hall–Kier alpha value is -3.55. The Kier molecular flexibility index (Phi) is 5.33. The predicted molar refractivity (Wildman–Crippen MR) is 113 cm³/mol. The van der Waals surface area contributed by atoms with Crippen LogP contribution in [0, 0.1) is 6.92 Å². The summed E-state index contributed by atoms with van der Waals surface area (Å²) in [4.78, 5) is 33.7. The maximum Gasteiger partial charge on any atom is 0.229 e. The number of aromatic nitrogens is 4. The second-order valence-electron chi connectivity index (χ2n) is 6.97. The van der Waals surface area contributed by atoms with Gasteiger partial charge < -0.3 is 15.1 Å². The summed E-state index contributed by atoms with van der Waals surface area (Å²) in [6.45, 7) is 6.86. The Morgan fingerprint density at radius 2 is 1.62 bits per heavy atom. The number of carbonyl (C=O) groups is 1. The van der Waals surface area contributed by atoms with Crippen molar-refractivity contribution in [3.63, 3.8) is 0 Å². The first-order chi connectivity index (χ1) is 14.1. The second kappa shape index (κ2) is 8.22. The summed E-state index contributed by atoms with van der Waals surface area (Å²) in [5.41, 5.74) is 2.42. The summed E-state index contributed by atoms with van der Waals surface area (Å²) in [6, 6.07) is 11.1. The van der Waals surface area contributed by atoms with Crippen LogP contribution < -0.4 is 15.1 Å². The van der Waals surface area contributed by atoms with E-state index in [1.165, 1.54) is 0 Å². The SMILES string of the molecule is CC(=O)c1ccc(Nc2nc(C)cc(N3CCN(c4ncccn4)CC3)n2)cc1. The highest BCUT2D eigenvalue weighted by atomic mass is 16.1. The maximum atomic E-state index is 11.4. The highest BCUT2D eigenvalue weighted by molar-refractivity contribution is 5.94. The molecule has 29 heavy (non-hydrogen) atoms. The smallest absolute Gasteiger partial charge is 0.229 e. The van der Waals surface area contributed by atoms with Gasteiger partial charge in [0.05, 0.1) is 0 Å². The van der Waals surface area contributed by atoms with Gasteiger partial charge in [-0.05, 0) is 44.2 Å². The van der Waals surface area contributed by atoms with Gasteiger partial charge in [-0.25, -0.2) is 15.0 Å². The van der Waals surface area contributed by atoms with Crippen molar-refractivity contribution in [2.45, 2.75) is 13.8 Å². The number of hydrogen-bond donors (Lipinski definition) is 1. The number of hydrogen-bond acceptors (Lipinski definition) is 8. The summed E-state index contributed by atoms with van der Waals surface area (Å²) in [7, 11) is 0. The van der Waals surface area contributed by atoms with Gasteiger partial charge in [0.15, 0.2) is 5.78 Å². The maximum absolute atomic E-state index is 11.4. The van der Waals surface area contributed by atoms with Gasteiger partial charge in [-0.2, -0.15) is 4.98 Å². The van der Waals surface area contributed by atoms with Gasteiger partial charge in [0, 0.05) is 61.6 Å². The molecule has 0 amide bonds. The highest BCUT2D eigenvalue weighted by Gasteiger charge is 2.20. The van der Waals surface area contributed by atoms with Crippen molar-refractivity contribution in [2.24, 2.45) is 0 Å². The lowest BCUT2D eigenvalue weighted by molar-refractivity contribution is 0.101. The number of ketones is 1. The van der Waals surface area contributed by atoms with Crippen LogP contribution in [0.1, 0.15) is 23.0 Å². The molecule has 1 fully saturated rings. The molecule has 0 unspecified atom stereocenters. The number of Topliss-reactive ketones (excluding diaryl/α,β-unsaturated/α-hetero) is 1. The van der Waals surface area contributed by atoms with Crippen LogP contribution >= 0.6 is 0 Å². The van der Waals surface area contributed by atoms with Crippen LogP contribution in [-0.2, 0) is 0 Å². The average Bonchev–Trinajstić information content (AvgIpc) is 2.74. The topological polar surface area (TPSA) is 87.1 Å². The van der Waals surface area contributed by atoms with Crippen molar-refractivity contribution >= 4 is 29.2 Å². The highest BCUT2D eigenvalue weighted by Crippen LogP contribution is 2.21. The minimum atomic E-state index is 0.0469. The molecular formula is C21H23N7O. The quantitative estimate of drug-likeness (QED) is 0.667. The van der Waals surface area contributed by atoms with Gasteiger partial charge in [0.1, 0.15) is 5.82 Å². The van der Waals surface area contributed by atoms with Crippen LogP contribution in [0.5, 0.6) is 0 Å². The third kappa shape index (κ3) is 4.48. The Morgan fingerprint density at radius 1 is 0.966 bits per heavy atom. The summed E-state index contributed by atoms with van der Waals surface area (Å²) >= 11 is 0. The van der Waals surface area contributed by atoms with Gasteiger partial charge in [0.2, 0.25) is 11.9 Å². The Morgan fingerprint density at radius 3 is 2.28 bits per heavy atom. The van der Waals surface area contributed by atoms with E-state index in [2.05, 4.69) is 30.1 Å². The Labute approximate surface area is 169 Å². The summed E-state index contributed by atoms with van der Waals surface area (Å²) < 4.78 is 0. The summed E-state index contributed by atoms with van der Waals surface area (Å²) in [5, 5.41) is 3.23. The van der Waals surface area contributed by atoms with E-state index >= 15 is 0 Å². The monoisotopic (exact) mass is 389 g/mol. The van der Waals surface area contributed by atoms with Crippen LogP contribution in [0.2, 0.25) is 0 Å². The van der Waals surface area contributed by atoms with E-state index in [0.29, 0.717) is 11.5 Å². The van der Waals surface area contributed by atoms with Crippen LogP contribution in [-0.4, -0.2) is 51.9 Å². The molecule has 0 bridgehead atoms. The number of benzene rings is 1. The normalized spacial score (nSPS) is 14.0. The van der Waals surface area contributed by atoms with E-state index in [1.807, 2.05) is 31.2 Å². The van der Waals surface area contributed by atoms with Crippen molar-refractivity contribution in [3.05, 3.63) is 60.0 Å². The van der Waals surface area contributed by atoms with Crippen molar-refractivity contribution in [1.82, 2.24) is 19.9 Å². The lowest BCUT2D eigenvalue weighted by Gasteiger charge is -2.35. The number of rotatable bonds is 5. The fourth-order valence-corrected chi connectivity index (χ4v) is 3.28. The van der Waals surface area contributed by atoms with E-state index in [1.54, 1.807) is 31.5 Å². The minimum absolute atomic E-state index is 0.0469. The predicted octanol–water partition coefficient (Wildman–Crippen LogP) is 2.85. The molecule has 0 saturated carbocycles. The van der Waals surface area contributed by atoms with E-state index in [9.17, 15) is 4.79 Å². The molecule has 2 aromatic heterocycles. The first-order valence-electron chi connectivity index (χ1n) is 9.59. The molecule has 1 saturated heterocycles. The standard InChI is InChI=1S/C21H23N7O/c1-15-14-19(27-10-12-28(13-11-27)21-22-8-3-9-23-21)26-20(24-15)25-18-6-4-17(5-7-18)16(2)29/h3-9,14H,10-13H2,1-2H3,(H,24,25,26). The van der Waals surface area contributed by atoms with E-state index < -0.39 is 0 Å². The molecule has 8 nitrogen and oxygen atoms in total. The first-order valence-corrected chi connectivity index (χ1v) is 9.59. The zero-order valence-electron chi connectivity index (χ0n) is 16.5. The van der Waals surface area contributed by atoms with Gasteiger partial charge >= 0.3 is 0 Å².